The highest BCUT2D eigenvalue weighted by atomic mass is 16.5. The molecule has 0 aliphatic heterocycles. The molecule has 68 valence electrons. The summed E-state index contributed by atoms with van der Waals surface area (Å²) in [6.07, 6.45) is 2.55. The molecule has 0 aliphatic rings. The van der Waals surface area contributed by atoms with Crippen LogP contribution < -0.4 is 0 Å². The first-order chi connectivity index (χ1) is 5.70. The van der Waals surface area contributed by atoms with Crippen molar-refractivity contribution in [3.8, 4) is 0 Å². The molecule has 0 aromatic heterocycles. The third kappa shape index (κ3) is 6.37. The van der Waals surface area contributed by atoms with E-state index in [1.54, 1.807) is 7.11 Å². The fraction of sp³-hybridized carbons (Fsp3) is 0.875. The summed E-state index contributed by atoms with van der Waals surface area (Å²) in [6.45, 7) is 0.554. The smallest absolute Gasteiger partial charge is 0.0705 e. The van der Waals surface area contributed by atoms with Gasteiger partial charge in [-0.05, 0) is 25.5 Å². The second kappa shape index (κ2) is 7.31. The van der Waals surface area contributed by atoms with Gasteiger partial charge in [0.05, 0.1) is 14.0 Å². The lowest BCUT2D eigenvalue weighted by molar-refractivity contribution is 0.103. The Morgan fingerprint density at radius 3 is 2.83 bits per heavy atom. The Hall–Kier alpha value is -0.345. The van der Waals surface area contributed by atoms with Crippen molar-refractivity contribution in [2.45, 2.75) is 31.2 Å². The second-order valence-corrected chi connectivity index (χ2v) is 2.87. The van der Waals surface area contributed by atoms with Gasteiger partial charge in [-0.2, -0.15) is 0 Å². The van der Waals surface area contributed by atoms with Gasteiger partial charge in [0, 0.05) is 13.7 Å². The lowest BCUT2D eigenvalue weighted by Gasteiger charge is -2.14. The fourth-order valence-corrected chi connectivity index (χ4v) is 0.969. The maximum Gasteiger partial charge on any atom is 0.0705 e. The van der Waals surface area contributed by atoms with Crippen molar-refractivity contribution in [1.29, 1.82) is 5.41 Å². The predicted octanol–water partition coefficient (Wildman–Crippen LogP) is 0.771. The van der Waals surface area contributed by atoms with E-state index in [9.17, 15) is 5.11 Å². The third-order valence-electron chi connectivity index (χ3n) is 1.65. The van der Waals surface area contributed by atoms with E-state index in [-0.39, 0.29) is 5.82 Å². The van der Waals surface area contributed by atoms with Crippen molar-refractivity contribution < 1.29 is 9.84 Å². The van der Waals surface area contributed by atoms with Crippen LogP contribution in [-0.2, 0) is 4.74 Å². The summed E-state index contributed by atoms with van der Waals surface area (Å²) in [5, 5.41) is 16.1. The maximum absolute atomic E-state index is 9.34. The van der Waals surface area contributed by atoms with E-state index in [4.69, 9.17) is 18.0 Å². The van der Waals surface area contributed by atoms with Crippen LogP contribution in [0.5, 0.6) is 0 Å². The topological polar surface area (TPSA) is 53.3 Å². The van der Waals surface area contributed by atoms with Crippen LogP contribution in [0.1, 0.15) is 19.3 Å². The van der Waals surface area contributed by atoms with Gasteiger partial charge in [0.15, 0.2) is 0 Å². The van der Waals surface area contributed by atoms with Crippen molar-refractivity contribution in [2.75, 3.05) is 13.7 Å². The van der Waals surface area contributed by atoms with Gasteiger partial charge < -0.3 is 15.3 Å². The maximum atomic E-state index is 9.34. The molecular formula is C8H16BNO2. The number of methoxy groups -OCH3 is 1. The molecule has 0 saturated carbocycles. The normalized spacial score (nSPS) is 15.5. The highest BCUT2D eigenvalue weighted by Gasteiger charge is 2.08. The lowest BCUT2D eigenvalue weighted by atomic mass is 9.80. The van der Waals surface area contributed by atoms with Crippen LogP contribution in [0.3, 0.4) is 0 Å². The molecule has 2 N–H and O–H groups in total. The molecular weight excluding hydrogens is 153 g/mol. The molecule has 0 aromatic carbocycles. The molecule has 0 rings (SSSR count). The van der Waals surface area contributed by atoms with E-state index in [1.807, 2.05) is 0 Å². The molecule has 0 aliphatic carbocycles. The highest BCUT2D eigenvalue weighted by Crippen LogP contribution is 2.13. The Morgan fingerprint density at radius 1 is 1.67 bits per heavy atom. The van der Waals surface area contributed by atoms with Gasteiger partial charge in [0.2, 0.25) is 0 Å². The number of nitrogens with one attached hydrogen (secondary N) is 1. The zero-order chi connectivity index (χ0) is 9.40. The molecule has 0 spiro atoms. The van der Waals surface area contributed by atoms with Gasteiger partial charge in [0.25, 0.3) is 0 Å². The summed E-state index contributed by atoms with van der Waals surface area (Å²) < 4.78 is 4.81. The number of aliphatic hydroxyl groups is 1. The number of hydrogen-bond donors (Lipinski definition) is 2. The summed E-state index contributed by atoms with van der Waals surface area (Å²) in [5.74, 6) is -0.102. The van der Waals surface area contributed by atoms with Gasteiger partial charge in [-0.3, -0.25) is 0 Å². The van der Waals surface area contributed by atoms with Gasteiger partial charge in [-0.1, -0.05) is 5.82 Å². The largest absolute Gasteiger partial charge is 0.393 e. The Morgan fingerprint density at radius 2 is 2.33 bits per heavy atom. The average Bonchev–Trinajstić information content (AvgIpc) is 2.01. The molecule has 0 fully saturated rings. The van der Waals surface area contributed by atoms with E-state index in [0.717, 1.165) is 0 Å². The van der Waals surface area contributed by atoms with Gasteiger partial charge in [-0.15, -0.1) is 0 Å². The molecule has 0 heterocycles. The number of ether oxygens (including phenoxy) is 1. The lowest BCUT2D eigenvalue weighted by Crippen LogP contribution is -2.13. The van der Waals surface area contributed by atoms with E-state index in [0.29, 0.717) is 25.9 Å². The van der Waals surface area contributed by atoms with Crippen LogP contribution >= 0.6 is 0 Å². The van der Waals surface area contributed by atoms with Crippen LogP contribution in [0.25, 0.3) is 0 Å². The summed E-state index contributed by atoms with van der Waals surface area (Å²) >= 11 is 0. The van der Waals surface area contributed by atoms with Crippen LogP contribution in [0.2, 0.25) is 5.82 Å². The van der Waals surface area contributed by atoms with Crippen LogP contribution in [0.15, 0.2) is 0 Å². The first-order valence-electron chi connectivity index (χ1n) is 4.12. The van der Waals surface area contributed by atoms with Gasteiger partial charge in [-0.25, -0.2) is 0 Å². The van der Waals surface area contributed by atoms with E-state index in [2.05, 4.69) is 0 Å². The summed E-state index contributed by atoms with van der Waals surface area (Å²) in [4.78, 5) is 0. The van der Waals surface area contributed by atoms with E-state index in [1.165, 1.54) is 6.21 Å². The number of rotatable bonds is 7. The summed E-state index contributed by atoms with van der Waals surface area (Å²) in [7, 11) is 7.21. The molecule has 0 amide bonds. The van der Waals surface area contributed by atoms with Crippen molar-refractivity contribution in [1.82, 2.24) is 0 Å². The number of hydrogen-bond acceptors (Lipinski definition) is 3. The van der Waals surface area contributed by atoms with Gasteiger partial charge in [0.1, 0.15) is 0 Å². The Balaban J connectivity index is 3.39. The molecule has 0 bridgehead atoms. The monoisotopic (exact) mass is 169 g/mol. The predicted molar refractivity (Wildman–Crippen MR) is 50.0 cm³/mol. The van der Waals surface area contributed by atoms with Crippen molar-refractivity contribution in [3.05, 3.63) is 0 Å². The Labute approximate surface area is 75.0 Å². The standard InChI is InChI=1S/C8H16BNO2/c1-12-5-3-8(11)6-7(9)2-4-10/h4,7-8,10-11H,2-3,5-6H2,1H3. The van der Waals surface area contributed by atoms with Gasteiger partial charge >= 0.3 is 0 Å². The summed E-state index contributed by atoms with van der Waals surface area (Å²) in [6, 6.07) is 0. The SMILES string of the molecule is [B]C(CC=N)CC(O)CCOC. The minimum Gasteiger partial charge on any atom is -0.393 e. The van der Waals surface area contributed by atoms with E-state index >= 15 is 0 Å². The first-order valence-corrected chi connectivity index (χ1v) is 4.12. The molecule has 4 heteroatoms. The minimum atomic E-state index is -0.403. The number of aliphatic hydroxyl groups excluding tert-OH is 1. The van der Waals surface area contributed by atoms with Crippen LogP contribution in [0.4, 0.5) is 0 Å². The minimum absolute atomic E-state index is 0.102. The molecule has 0 aromatic rings. The molecule has 12 heavy (non-hydrogen) atoms. The Bertz CT molecular complexity index is 122. The Kier molecular flexibility index (Phi) is 7.10. The van der Waals surface area contributed by atoms with Crippen molar-refractivity contribution in [3.63, 3.8) is 0 Å². The zero-order valence-electron chi connectivity index (χ0n) is 7.49. The quantitative estimate of drug-likeness (QED) is 0.436. The fourth-order valence-electron chi connectivity index (χ4n) is 0.969. The first kappa shape index (κ1) is 11.7. The average molecular weight is 169 g/mol. The third-order valence-corrected chi connectivity index (χ3v) is 1.65. The molecule has 2 unspecified atom stereocenters. The molecule has 3 nitrogen and oxygen atoms in total. The van der Waals surface area contributed by atoms with E-state index < -0.39 is 6.10 Å². The van der Waals surface area contributed by atoms with Crippen molar-refractivity contribution >= 4 is 14.1 Å². The summed E-state index contributed by atoms with van der Waals surface area (Å²) in [5.41, 5.74) is 0. The molecule has 0 saturated heterocycles. The molecule has 2 atom stereocenters. The second-order valence-electron chi connectivity index (χ2n) is 2.87. The highest BCUT2D eigenvalue weighted by molar-refractivity contribution is 6.12. The molecule has 2 radical (unpaired) electrons. The van der Waals surface area contributed by atoms with Crippen LogP contribution in [-0.4, -0.2) is 39.0 Å². The van der Waals surface area contributed by atoms with Crippen LogP contribution in [0, 0.1) is 5.41 Å². The van der Waals surface area contributed by atoms with Crippen molar-refractivity contribution in [2.24, 2.45) is 0 Å². The zero-order valence-corrected chi connectivity index (χ0v) is 7.49.